The summed E-state index contributed by atoms with van der Waals surface area (Å²) in [5.41, 5.74) is 0.261. The molecule has 8 heteroatoms. The lowest BCUT2D eigenvalue weighted by atomic mass is 9.99. The van der Waals surface area contributed by atoms with Crippen molar-refractivity contribution in [2.45, 2.75) is 11.8 Å². The molecule has 1 heterocycles. The Hall–Kier alpha value is -1.62. The molecule has 1 saturated heterocycles. The van der Waals surface area contributed by atoms with Gasteiger partial charge in [0.05, 0.1) is 22.6 Å². The number of benzene rings is 1. The van der Waals surface area contributed by atoms with Crippen molar-refractivity contribution in [3.63, 3.8) is 0 Å². The average Bonchev–Trinajstić information content (AvgIpc) is 2.81. The molecular formula is C13H13ClN2O4S. The summed E-state index contributed by atoms with van der Waals surface area (Å²) in [6.07, 6.45) is 0. The fourth-order valence-corrected chi connectivity index (χ4v) is 4.44. The van der Waals surface area contributed by atoms with E-state index in [1.807, 2.05) is 6.07 Å². The van der Waals surface area contributed by atoms with Crippen LogP contribution in [-0.2, 0) is 14.8 Å². The number of carboxylic acids is 1. The van der Waals surface area contributed by atoms with Crippen molar-refractivity contribution in [2.24, 2.45) is 11.8 Å². The number of aliphatic carboxylic acids is 1. The molecule has 1 aromatic carbocycles. The van der Waals surface area contributed by atoms with Gasteiger partial charge in [-0.3, -0.25) is 4.79 Å². The minimum Gasteiger partial charge on any atom is -0.481 e. The number of hydrogen-bond donors (Lipinski definition) is 1. The van der Waals surface area contributed by atoms with E-state index in [1.54, 1.807) is 6.92 Å². The zero-order valence-electron chi connectivity index (χ0n) is 11.2. The SMILES string of the molecule is CC1CN(S(=O)(=O)c2ccc(C#N)cc2Cl)CC1C(=O)O. The highest BCUT2D eigenvalue weighted by Gasteiger charge is 2.41. The summed E-state index contributed by atoms with van der Waals surface area (Å²) >= 11 is 5.93. The molecule has 0 radical (unpaired) electrons. The van der Waals surface area contributed by atoms with Crippen LogP contribution in [0, 0.1) is 23.2 Å². The Kier molecular flexibility index (Phi) is 4.23. The maximum atomic E-state index is 12.5. The number of nitrogens with zero attached hydrogens (tertiary/aromatic N) is 2. The van der Waals surface area contributed by atoms with Crippen molar-refractivity contribution >= 4 is 27.6 Å². The van der Waals surface area contributed by atoms with Gasteiger partial charge in [-0.15, -0.1) is 0 Å². The molecule has 1 N–H and O–H groups in total. The molecule has 2 rings (SSSR count). The lowest BCUT2D eigenvalue weighted by Crippen LogP contribution is -2.30. The molecule has 0 spiro atoms. The molecule has 6 nitrogen and oxygen atoms in total. The molecule has 1 aromatic rings. The first kappa shape index (κ1) is 15.8. The number of sulfonamides is 1. The molecule has 1 fully saturated rings. The summed E-state index contributed by atoms with van der Waals surface area (Å²) in [4.78, 5) is 11.0. The Bertz CT molecular complexity index is 726. The van der Waals surface area contributed by atoms with Gasteiger partial charge in [0, 0.05) is 13.1 Å². The standard InChI is InChI=1S/C13H13ClN2O4S/c1-8-6-16(7-10(8)13(17)18)21(19,20)12-3-2-9(5-15)4-11(12)14/h2-4,8,10H,6-7H2,1H3,(H,17,18). The van der Waals surface area contributed by atoms with E-state index in [1.165, 1.54) is 18.2 Å². The minimum absolute atomic E-state index is 0.0412. The van der Waals surface area contributed by atoms with Crippen LogP contribution in [0.3, 0.4) is 0 Å². The summed E-state index contributed by atoms with van der Waals surface area (Å²) in [6, 6.07) is 5.80. The van der Waals surface area contributed by atoms with Crippen LogP contribution >= 0.6 is 11.6 Å². The van der Waals surface area contributed by atoms with Crippen molar-refractivity contribution in [3.8, 4) is 6.07 Å². The molecule has 0 aromatic heterocycles. The van der Waals surface area contributed by atoms with Gasteiger partial charge in [-0.25, -0.2) is 8.42 Å². The van der Waals surface area contributed by atoms with Gasteiger partial charge in [0.15, 0.2) is 0 Å². The van der Waals surface area contributed by atoms with E-state index >= 15 is 0 Å². The van der Waals surface area contributed by atoms with Crippen LogP contribution in [0.5, 0.6) is 0 Å². The van der Waals surface area contributed by atoms with Crippen LogP contribution in [0.25, 0.3) is 0 Å². The van der Waals surface area contributed by atoms with Crippen molar-refractivity contribution < 1.29 is 18.3 Å². The smallest absolute Gasteiger partial charge is 0.308 e. The predicted molar refractivity (Wildman–Crippen MR) is 75.2 cm³/mol. The van der Waals surface area contributed by atoms with Gasteiger partial charge in [0.2, 0.25) is 10.0 Å². The number of hydrogen-bond acceptors (Lipinski definition) is 4. The molecular weight excluding hydrogens is 316 g/mol. The van der Waals surface area contributed by atoms with Gasteiger partial charge in [0.25, 0.3) is 0 Å². The second-order valence-electron chi connectivity index (χ2n) is 5.00. The van der Waals surface area contributed by atoms with Gasteiger partial charge >= 0.3 is 5.97 Å². The van der Waals surface area contributed by atoms with Gasteiger partial charge in [-0.2, -0.15) is 9.57 Å². The van der Waals surface area contributed by atoms with Crippen molar-refractivity contribution in [2.75, 3.05) is 13.1 Å². The second kappa shape index (κ2) is 5.64. The first-order chi connectivity index (χ1) is 9.77. The Labute approximate surface area is 127 Å². The van der Waals surface area contributed by atoms with E-state index in [-0.39, 0.29) is 34.5 Å². The summed E-state index contributed by atoms with van der Waals surface area (Å²) in [5.74, 6) is -2.00. The van der Waals surface area contributed by atoms with E-state index in [0.717, 1.165) is 4.31 Å². The van der Waals surface area contributed by atoms with Crippen molar-refractivity contribution in [3.05, 3.63) is 28.8 Å². The summed E-state index contributed by atoms with van der Waals surface area (Å²) in [6.45, 7) is 1.76. The third kappa shape index (κ3) is 2.88. The monoisotopic (exact) mass is 328 g/mol. The average molecular weight is 329 g/mol. The predicted octanol–water partition coefficient (Wildman–Crippen LogP) is 1.55. The maximum absolute atomic E-state index is 12.5. The first-order valence-electron chi connectivity index (χ1n) is 6.20. The van der Waals surface area contributed by atoms with Gasteiger partial charge in [-0.05, 0) is 24.1 Å². The fraction of sp³-hybridized carbons (Fsp3) is 0.385. The quantitative estimate of drug-likeness (QED) is 0.907. The molecule has 0 aliphatic carbocycles. The zero-order valence-corrected chi connectivity index (χ0v) is 12.7. The number of carboxylic acid groups (broad SMARTS) is 1. The molecule has 0 amide bonds. The van der Waals surface area contributed by atoms with Crippen LogP contribution in [0.2, 0.25) is 5.02 Å². The molecule has 0 bridgehead atoms. The normalized spacial score (nSPS) is 22.9. The van der Waals surface area contributed by atoms with Crippen LogP contribution < -0.4 is 0 Å². The molecule has 2 atom stereocenters. The highest BCUT2D eigenvalue weighted by atomic mass is 35.5. The second-order valence-corrected chi connectivity index (χ2v) is 7.31. The summed E-state index contributed by atoms with van der Waals surface area (Å²) in [5, 5.41) is 17.8. The maximum Gasteiger partial charge on any atom is 0.308 e. The van der Waals surface area contributed by atoms with Crippen molar-refractivity contribution in [1.29, 1.82) is 5.26 Å². The largest absolute Gasteiger partial charge is 0.481 e. The van der Waals surface area contributed by atoms with Gasteiger partial charge < -0.3 is 5.11 Å². The van der Waals surface area contributed by atoms with Crippen molar-refractivity contribution in [1.82, 2.24) is 4.31 Å². The topological polar surface area (TPSA) is 98.5 Å². The van der Waals surface area contributed by atoms with Crippen LogP contribution in [0.1, 0.15) is 12.5 Å². The first-order valence-corrected chi connectivity index (χ1v) is 8.01. The van der Waals surface area contributed by atoms with E-state index in [9.17, 15) is 13.2 Å². The van der Waals surface area contributed by atoms with Crippen LogP contribution in [0.4, 0.5) is 0 Å². The van der Waals surface area contributed by atoms with E-state index < -0.39 is 21.9 Å². The highest BCUT2D eigenvalue weighted by molar-refractivity contribution is 7.89. The number of nitriles is 1. The summed E-state index contributed by atoms with van der Waals surface area (Å²) < 4.78 is 26.2. The fourth-order valence-electron chi connectivity index (χ4n) is 2.36. The highest BCUT2D eigenvalue weighted by Crippen LogP contribution is 2.31. The molecule has 1 aliphatic heterocycles. The Balaban J connectivity index is 2.36. The number of carbonyl (C=O) groups is 1. The Morgan fingerprint density at radius 3 is 2.62 bits per heavy atom. The van der Waals surface area contributed by atoms with E-state index in [2.05, 4.69) is 0 Å². The molecule has 0 saturated carbocycles. The third-order valence-corrected chi connectivity index (χ3v) is 5.89. The minimum atomic E-state index is -3.87. The number of rotatable bonds is 3. The molecule has 2 unspecified atom stereocenters. The molecule has 112 valence electrons. The molecule has 1 aliphatic rings. The van der Waals surface area contributed by atoms with Gasteiger partial charge in [-0.1, -0.05) is 18.5 Å². The summed E-state index contributed by atoms with van der Waals surface area (Å²) in [7, 11) is -3.87. The van der Waals surface area contributed by atoms with E-state index in [0.29, 0.717) is 0 Å². The van der Waals surface area contributed by atoms with E-state index in [4.69, 9.17) is 22.0 Å². The van der Waals surface area contributed by atoms with Gasteiger partial charge in [0.1, 0.15) is 4.90 Å². The third-order valence-electron chi connectivity index (χ3n) is 3.57. The molecule has 21 heavy (non-hydrogen) atoms. The van der Waals surface area contributed by atoms with Crippen LogP contribution in [-0.4, -0.2) is 36.9 Å². The lowest BCUT2D eigenvalue weighted by Gasteiger charge is -2.17. The zero-order chi connectivity index (χ0) is 15.8. The number of halogens is 1. The lowest BCUT2D eigenvalue weighted by molar-refractivity contribution is -0.142. The Morgan fingerprint density at radius 2 is 2.14 bits per heavy atom. The van der Waals surface area contributed by atoms with Crippen LogP contribution in [0.15, 0.2) is 23.1 Å². The Morgan fingerprint density at radius 1 is 1.48 bits per heavy atom.